The molecule has 0 saturated heterocycles. The van der Waals surface area contributed by atoms with E-state index in [-0.39, 0.29) is 12.5 Å². The number of furan rings is 1. The summed E-state index contributed by atoms with van der Waals surface area (Å²) in [6, 6.07) is 15.8. The highest BCUT2D eigenvalue weighted by atomic mass is 16.3. The van der Waals surface area contributed by atoms with Gasteiger partial charge in [0.15, 0.2) is 0 Å². The van der Waals surface area contributed by atoms with E-state index >= 15 is 0 Å². The predicted octanol–water partition coefficient (Wildman–Crippen LogP) is 3.87. The van der Waals surface area contributed by atoms with Gasteiger partial charge in [0.1, 0.15) is 17.6 Å². The molecule has 0 spiro atoms. The van der Waals surface area contributed by atoms with Gasteiger partial charge in [-0.05, 0) is 50.7 Å². The van der Waals surface area contributed by atoms with E-state index in [0.717, 1.165) is 28.3 Å². The lowest BCUT2D eigenvalue weighted by molar-refractivity contribution is -0.117. The van der Waals surface area contributed by atoms with Crippen molar-refractivity contribution in [3.05, 3.63) is 89.3 Å². The Morgan fingerprint density at radius 3 is 2.70 bits per heavy atom. The van der Waals surface area contributed by atoms with Crippen molar-refractivity contribution in [1.82, 2.24) is 19.2 Å². The number of nitrogens with one attached hydrogen (secondary N) is 1. The molecule has 168 valence electrons. The highest BCUT2D eigenvalue weighted by Crippen LogP contribution is 2.27. The summed E-state index contributed by atoms with van der Waals surface area (Å²) in [4.78, 5) is 14.8. The maximum Gasteiger partial charge on any atom is 0.239 e. The van der Waals surface area contributed by atoms with Gasteiger partial charge in [-0.15, -0.1) is 0 Å². The van der Waals surface area contributed by atoms with Crippen LogP contribution in [-0.2, 0) is 17.9 Å². The third-order valence-corrected chi connectivity index (χ3v) is 5.62. The van der Waals surface area contributed by atoms with Crippen LogP contribution in [0.5, 0.6) is 0 Å². The van der Waals surface area contributed by atoms with E-state index < -0.39 is 0 Å². The molecule has 0 saturated carbocycles. The summed E-state index contributed by atoms with van der Waals surface area (Å²) in [6.45, 7) is 5.00. The van der Waals surface area contributed by atoms with Crippen LogP contribution in [0.2, 0.25) is 0 Å². The fourth-order valence-corrected chi connectivity index (χ4v) is 3.83. The monoisotopic (exact) mass is 442 g/mol. The lowest BCUT2D eigenvalue weighted by Gasteiger charge is -2.17. The Labute approximate surface area is 192 Å². The highest BCUT2D eigenvalue weighted by molar-refractivity contribution is 5.93. The molecule has 33 heavy (non-hydrogen) atoms. The minimum atomic E-state index is -0.192. The van der Waals surface area contributed by atoms with Crippen molar-refractivity contribution in [3.63, 3.8) is 0 Å². The van der Waals surface area contributed by atoms with Crippen LogP contribution in [0, 0.1) is 25.2 Å². The van der Waals surface area contributed by atoms with Crippen LogP contribution in [-0.4, -0.2) is 38.7 Å². The van der Waals surface area contributed by atoms with Crippen molar-refractivity contribution >= 4 is 11.7 Å². The fourth-order valence-electron chi connectivity index (χ4n) is 3.83. The maximum atomic E-state index is 12.9. The van der Waals surface area contributed by atoms with Gasteiger partial charge in [-0.3, -0.25) is 9.69 Å². The number of hydrogen-bond donors (Lipinski definition) is 1. The van der Waals surface area contributed by atoms with Gasteiger partial charge in [-0.2, -0.15) is 10.4 Å². The Morgan fingerprint density at radius 2 is 2.00 bits per heavy atom. The first kappa shape index (κ1) is 22.1. The van der Waals surface area contributed by atoms with Crippen molar-refractivity contribution in [2.75, 3.05) is 18.9 Å². The summed E-state index contributed by atoms with van der Waals surface area (Å²) in [5.41, 5.74) is 4.22. The average molecular weight is 443 g/mol. The van der Waals surface area contributed by atoms with E-state index in [0.29, 0.717) is 24.5 Å². The molecule has 1 N–H and O–H groups in total. The van der Waals surface area contributed by atoms with E-state index in [1.807, 2.05) is 83.7 Å². The van der Waals surface area contributed by atoms with E-state index in [4.69, 9.17) is 4.42 Å². The number of anilines is 1. The molecule has 1 aromatic carbocycles. The molecule has 0 fully saturated rings. The summed E-state index contributed by atoms with van der Waals surface area (Å²) in [7, 11) is 1.88. The van der Waals surface area contributed by atoms with Crippen molar-refractivity contribution in [3.8, 4) is 11.8 Å². The van der Waals surface area contributed by atoms with E-state index in [1.165, 1.54) is 0 Å². The zero-order chi connectivity index (χ0) is 23.4. The number of amides is 1. The molecule has 0 atom stereocenters. The van der Waals surface area contributed by atoms with Crippen molar-refractivity contribution in [2.24, 2.45) is 0 Å². The topological polar surface area (TPSA) is 92.0 Å². The molecule has 0 aliphatic rings. The summed E-state index contributed by atoms with van der Waals surface area (Å²) >= 11 is 0. The Balaban J connectivity index is 1.44. The van der Waals surface area contributed by atoms with Crippen LogP contribution in [0.4, 0.5) is 5.82 Å². The first-order valence-corrected chi connectivity index (χ1v) is 10.7. The smallest absolute Gasteiger partial charge is 0.239 e. The molecule has 4 aromatic rings. The SMILES string of the molecule is Cc1c(C#N)c(NC(=O)CN(C)Cc2cnn(-c3ccccc3)c2)n(Cc2ccco2)c1C. The van der Waals surface area contributed by atoms with Gasteiger partial charge in [0.05, 0.1) is 36.8 Å². The number of aromatic nitrogens is 3. The summed E-state index contributed by atoms with van der Waals surface area (Å²) < 4.78 is 9.19. The number of rotatable bonds is 8. The molecule has 8 heteroatoms. The van der Waals surface area contributed by atoms with Crippen LogP contribution in [0.15, 0.2) is 65.5 Å². The molecule has 0 aliphatic carbocycles. The van der Waals surface area contributed by atoms with Crippen LogP contribution in [0.3, 0.4) is 0 Å². The summed E-state index contributed by atoms with van der Waals surface area (Å²) in [5, 5.41) is 17.1. The molecular formula is C25H26N6O2. The van der Waals surface area contributed by atoms with Crippen LogP contribution in [0.1, 0.15) is 28.1 Å². The predicted molar refractivity (Wildman–Crippen MR) is 125 cm³/mol. The molecule has 1 amide bonds. The number of nitrogens with zero attached hydrogens (tertiary/aromatic N) is 5. The van der Waals surface area contributed by atoms with Gasteiger partial charge in [0.2, 0.25) is 5.91 Å². The fraction of sp³-hybridized carbons (Fsp3) is 0.240. The zero-order valence-electron chi connectivity index (χ0n) is 18.9. The standard InChI is InChI=1S/C25H26N6O2/c1-18-19(2)30(16-22-10-7-11-33-22)25(23(18)12-26)28-24(32)17-29(3)14-20-13-27-31(15-20)21-8-5-4-6-9-21/h4-11,13,15H,14,16-17H2,1-3H3,(H,28,32). The van der Waals surface area contributed by atoms with Gasteiger partial charge in [0, 0.05) is 24.0 Å². The normalized spacial score (nSPS) is 11.0. The lowest BCUT2D eigenvalue weighted by Crippen LogP contribution is -2.30. The van der Waals surface area contributed by atoms with E-state index in [9.17, 15) is 10.1 Å². The van der Waals surface area contributed by atoms with Gasteiger partial charge in [0.25, 0.3) is 0 Å². The first-order valence-electron chi connectivity index (χ1n) is 10.7. The average Bonchev–Trinajstić information content (AvgIpc) is 3.53. The number of likely N-dealkylation sites (N-methyl/N-ethyl adjacent to an activating group) is 1. The molecule has 3 aromatic heterocycles. The second kappa shape index (κ2) is 9.59. The van der Waals surface area contributed by atoms with E-state index in [1.54, 1.807) is 12.5 Å². The number of nitriles is 1. The number of carbonyl (C=O) groups excluding carboxylic acids is 1. The van der Waals surface area contributed by atoms with Crippen molar-refractivity contribution < 1.29 is 9.21 Å². The molecular weight excluding hydrogens is 416 g/mol. The number of para-hydroxylation sites is 1. The van der Waals surface area contributed by atoms with Crippen LogP contribution in [0.25, 0.3) is 5.69 Å². The molecule has 0 unspecified atom stereocenters. The lowest BCUT2D eigenvalue weighted by atomic mass is 10.2. The minimum Gasteiger partial charge on any atom is -0.467 e. The molecule has 0 radical (unpaired) electrons. The quantitative estimate of drug-likeness (QED) is 0.447. The first-order chi connectivity index (χ1) is 16.0. The number of benzene rings is 1. The Kier molecular flexibility index (Phi) is 6.43. The summed E-state index contributed by atoms with van der Waals surface area (Å²) in [5.74, 6) is 1.06. The second-order valence-corrected chi connectivity index (χ2v) is 8.06. The second-order valence-electron chi connectivity index (χ2n) is 8.06. The van der Waals surface area contributed by atoms with Gasteiger partial charge in [-0.1, -0.05) is 18.2 Å². The number of hydrogen-bond acceptors (Lipinski definition) is 5. The molecule has 4 rings (SSSR count). The Morgan fingerprint density at radius 1 is 1.21 bits per heavy atom. The van der Waals surface area contributed by atoms with Gasteiger partial charge < -0.3 is 14.3 Å². The third-order valence-electron chi connectivity index (χ3n) is 5.62. The van der Waals surface area contributed by atoms with Gasteiger partial charge in [-0.25, -0.2) is 4.68 Å². The Bertz CT molecular complexity index is 1280. The zero-order valence-corrected chi connectivity index (χ0v) is 18.9. The van der Waals surface area contributed by atoms with Gasteiger partial charge >= 0.3 is 0 Å². The maximum absolute atomic E-state index is 12.9. The van der Waals surface area contributed by atoms with Crippen molar-refractivity contribution in [1.29, 1.82) is 5.26 Å². The van der Waals surface area contributed by atoms with E-state index in [2.05, 4.69) is 16.5 Å². The molecule has 0 bridgehead atoms. The Hall–Kier alpha value is -4.09. The minimum absolute atomic E-state index is 0.172. The molecule has 0 aliphatic heterocycles. The number of carbonyl (C=O) groups is 1. The van der Waals surface area contributed by atoms with Crippen molar-refractivity contribution in [2.45, 2.75) is 26.9 Å². The third kappa shape index (κ3) is 4.89. The largest absolute Gasteiger partial charge is 0.467 e. The highest BCUT2D eigenvalue weighted by Gasteiger charge is 2.21. The molecule has 3 heterocycles. The summed E-state index contributed by atoms with van der Waals surface area (Å²) in [6.07, 6.45) is 5.37. The van der Waals surface area contributed by atoms with Crippen LogP contribution < -0.4 is 5.32 Å². The molecule has 8 nitrogen and oxygen atoms in total. The van der Waals surface area contributed by atoms with Crippen LogP contribution >= 0.6 is 0 Å².